The van der Waals surface area contributed by atoms with Crippen molar-refractivity contribution in [3.8, 4) is 0 Å². The predicted molar refractivity (Wildman–Crippen MR) is 118 cm³/mol. The van der Waals surface area contributed by atoms with E-state index in [1.165, 1.54) is 34.0 Å². The number of thiophene rings is 1. The second-order valence-electron chi connectivity index (χ2n) is 6.94. The molecule has 0 atom stereocenters. The summed E-state index contributed by atoms with van der Waals surface area (Å²) in [6.07, 6.45) is 4.20. The fourth-order valence-electron chi connectivity index (χ4n) is 2.91. The largest absolute Gasteiger partial charge is 0.307 e. The number of halogens is 1. The van der Waals surface area contributed by atoms with Crippen LogP contribution in [0.3, 0.4) is 0 Å². The molecule has 3 aromatic heterocycles. The second-order valence-corrected chi connectivity index (χ2v) is 8.25. The van der Waals surface area contributed by atoms with Crippen LogP contribution in [-0.2, 0) is 13.1 Å². The molecule has 0 bridgehead atoms. The smallest absolute Gasteiger partial charge is 0.303 e. The second kappa shape index (κ2) is 8.70. The van der Waals surface area contributed by atoms with Crippen LogP contribution >= 0.6 is 22.9 Å². The molecular weight excluding hydrogens is 440 g/mol. The van der Waals surface area contributed by atoms with E-state index in [1.54, 1.807) is 22.3 Å². The van der Waals surface area contributed by atoms with E-state index in [1.807, 2.05) is 31.2 Å². The molecule has 4 rings (SSSR count). The molecule has 4 aromatic rings. The van der Waals surface area contributed by atoms with Gasteiger partial charge in [-0.25, -0.2) is 0 Å². The van der Waals surface area contributed by atoms with E-state index in [2.05, 4.69) is 15.5 Å². The number of amides is 1. The van der Waals surface area contributed by atoms with E-state index in [0.29, 0.717) is 23.0 Å². The summed E-state index contributed by atoms with van der Waals surface area (Å²) in [4.78, 5) is 23.3. The molecule has 9 nitrogen and oxygen atoms in total. The van der Waals surface area contributed by atoms with E-state index < -0.39 is 4.92 Å². The standard InChI is InChI=1S/C20H17ClN6O3S/c1-13-2-4-14(5-3-13)8-26-11-17(21)19(24-26)23-20(28)18-6-15(12-31-18)9-25-10-16(7-22-25)27(29)30/h2-7,10-12H,8-9H2,1H3,(H,23,24,28). The highest BCUT2D eigenvalue weighted by Gasteiger charge is 2.15. The Labute approximate surface area is 186 Å². The first kappa shape index (κ1) is 20.8. The lowest BCUT2D eigenvalue weighted by Gasteiger charge is -2.03. The Morgan fingerprint density at radius 1 is 1.19 bits per heavy atom. The van der Waals surface area contributed by atoms with Crippen LogP contribution < -0.4 is 5.32 Å². The first-order valence-corrected chi connectivity index (χ1v) is 10.5. The summed E-state index contributed by atoms with van der Waals surface area (Å²) in [6.45, 7) is 2.88. The summed E-state index contributed by atoms with van der Waals surface area (Å²) in [6, 6.07) is 9.80. The first-order valence-electron chi connectivity index (χ1n) is 9.21. The molecule has 0 unspecified atom stereocenters. The molecule has 0 aliphatic carbocycles. The molecule has 31 heavy (non-hydrogen) atoms. The zero-order valence-electron chi connectivity index (χ0n) is 16.4. The summed E-state index contributed by atoms with van der Waals surface area (Å²) < 4.78 is 3.12. The van der Waals surface area contributed by atoms with Gasteiger partial charge in [-0.05, 0) is 29.5 Å². The molecule has 1 N–H and O–H groups in total. The van der Waals surface area contributed by atoms with Crippen molar-refractivity contribution in [3.05, 3.63) is 91.0 Å². The number of benzene rings is 1. The van der Waals surface area contributed by atoms with Crippen LogP contribution in [0.15, 0.2) is 54.3 Å². The molecule has 0 aliphatic heterocycles. The number of aryl methyl sites for hydroxylation is 1. The van der Waals surface area contributed by atoms with Gasteiger partial charge in [-0.3, -0.25) is 24.3 Å². The fourth-order valence-corrected chi connectivity index (χ4v) is 3.91. The van der Waals surface area contributed by atoms with Gasteiger partial charge in [0.25, 0.3) is 5.91 Å². The van der Waals surface area contributed by atoms with Gasteiger partial charge in [0, 0.05) is 6.20 Å². The molecule has 0 spiro atoms. The van der Waals surface area contributed by atoms with Crippen molar-refractivity contribution >= 4 is 40.4 Å². The maximum absolute atomic E-state index is 12.6. The number of aromatic nitrogens is 4. The van der Waals surface area contributed by atoms with Crippen molar-refractivity contribution in [3.63, 3.8) is 0 Å². The van der Waals surface area contributed by atoms with Crippen molar-refractivity contribution in [1.82, 2.24) is 19.6 Å². The van der Waals surface area contributed by atoms with Gasteiger partial charge >= 0.3 is 5.69 Å². The monoisotopic (exact) mass is 456 g/mol. The number of carbonyl (C=O) groups excluding carboxylic acids is 1. The zero-order chi connectivity index (χ0) is 22.0. The summed E-state index contributed by atoms with van der Waals surface area (Å²) >= 11 is 7.51. The van der Waals surface area contributed by atoms with Gasteiger partial charge in [-0.1, -0.05) is 41.4 Å². The predicted octanol–water partition coefficient (Wildman–Crippen LogP) is 4.36. The molecule has 11 heteroatoms. The van der Waals surface area contributed by atoms with Crippen molar-refractivity contribution < 1.29 is 9.72 Å². The van der Waals surface area contributed by atoms with E-state index in [0.717, 1.165) is 11.1 Å². The summed E-state index contributed by atoms with van der Waals surface area (Å²) in [5.74, 6) is -0.0402. The number of nitrogens with one attached hydrogen (secondary N) is 1. The van der Waals surface area contributed by atoms with Gasteiger partial charge in [-0.2, -0.15) is 10.2 Å². The minimum atomic E-state index is -0.502. The Kier molecular flexibility index (Phi) is 5.83. The van der Waals surface area contributed by atoms with E-state index >= 15 is 0 Å². The highest BCUT2D eigenvalue weighted by Crippen LogP contribution is 2.23. The van der Waals surface area contributed by atoms with Crippen molar-refractivity contribution in [2.75, 3.05) is 5.32 Å². The summed E-state index contributed by atoms with van der Waals surface area (Å²) in [5, 5.41) is 24.0. The third kappa shape index (κ3) is 4.98. The number of hydrogen-bond acceptors (Lipinski definition) is 6. The molecule has 158 valence electrons. The normalized spacial score (nSPS) is 10.9. The molecule has 0 saturated carbocycles. The molecule has 0 aliphatic rings. The zero-order valence-corrected chi connectivity index (χ0v) is 17.9. The Balaban J connectivity index is 1.40. The van der Waals surface area contributed by atoms with Crippen LogP contribution in [0.2, 0.25) is 5.02 Å². The molecular formula is C20H17ClN6O3S. The van der Waals surface area contributed by atoms with Gasteiger partial charge in [0.05, 0.1) is 22.9 Å². The molecule has 0 saturated heterocycles. The molecule has 0 fully saturated rings. The average molecular weight is 457 g/mol. The first-order chi connectivity index (χ1) is 14.9. The van der Waals surface area contributed by atoms with E-state index in [-0.39, 0.29) is 17.4 Å². The number of anilines is 1. The topological polar surface area (TPSA) is 108 Å². The van der Waals surface area contributed by atoms with E-state index in [4.69, 9.17) is 11.6 Å². The number of nitro groups is 1. The van der Waals surface area contributed by atoms with Crippen molar-refractivity contribution in [1.29, 1.82) is 0 Å². The van der Waals surface area contributed by atoms with Crippen LogP contribution in [0.25, 0.3) is 0 Å². The van der Waals surface area contributed by atoms with Crippen LogP contribution in [0.5, 0.6) is 0 Å². The fraction of sp³-hybridized carbons (Fsp3) is 0.150. The lowest BCUT2D eigenvalue weighted by Crippen LogP contribution is -2.12. The third-order valence-electron chi connectivity index (χ3n) is 4.47. The Bertz CT molecular complexity index is 1240. The highest BCUT2D eigenvalue weighted by molar-refractivity contribution is 7.12. The number of hydrogen-bond donors (Lipinski definition) is 1. The molecule has 0 radical (unpaired) electrons. The van der Waals surface area contributed by atoms with Crippen LogP contribution in [-0.4, -0.2) is 30.4 Å². The van der Waals surface area contributed by atoms with Crippen molar-refractivity contribution in [2.45, 2.75) is 20.0 Å². The SMILES string of the molecule is Cc1ccc(Cn2cc(Cl)c(NC(=O)c3cc(Cn4cc([N+](=O)[O-])cn4)cs3)n2)cc1. The highest BCUT2D eigenvalue weighted by atomic mass is 35.5. The number of nitrogens with zero attached hydrogens (tertiary/aromatic N) is 5. The van der Waals surface area contributed by atoms with Gasteiger partial charge in [0.1, 0.15) is 17.4 Å². The van der Waals surface area contributed by atoms with Gasteiger partial charge in [0.2, 0.25) is 0 Å². The Hall–Kier alpha value is -3.50. The molecule has 1 aromatic carbocycles. The van der Waals surface area contributed by atoms with Gasteiger partial charge in [0.15, 0.2) is 5.82 Å². The molecule has 3 heterocycles. The van der Waals surface area contributed by atoms with Crippen LogP contribution in [0, 0.1) is 17.0 Å². The number of carbonyl (C=O) groups is 1. The minimum absolute atomic E-state index is 0.0796. The lowest BCUT2D eigenvalue weighted by molar-refractivity contribution is -0.385. The minimum Gasteiger partial charge on any atom is -0.303 e. The maximum Gasteiger partial charge on any atom is 0.307 e. The van der Waals surface area contributed by atoms with Crippen LogP contribution in [0.1, 0.15) is 26.4 Å². The summed E-state index contributed by atoms with van der Waals surface area (Å²) in [5.41, 5.74) is 2.98. The van der Waals surface area contributed by atoms with Crippen LogP contribution in [0.4, 0.5) is 11.5 Å². The summed E-state index contributed by atoms with van der Waals surface area (Å²) in [7, 11) is 0. The Morgan fingerprint density at radius 3 is 2.65 bits per heavy atom. The van der Waals surface area contributed by atoms with E-state index in [9.17, 15) is 14.9 Å². The van der Waals surface area contributed by atoms with Gasteiger partial charge < -0.3 is 5.32 Å². The van der Waals surface area contributed by atoms with Crippen molar-refractivity contribution in [2.24, 2.45) is 0 Å². The lowest BCUT2D eigenvalue weighted by atomic mass is 10.1. The number of rotatable bonds is 7. The quantitative estimate of drug-likeness (QED) is 0.328. The van der Waals surface area contributed by atoms with Gasteiger partial charge in [-0.15, -0.1) is 11.3 Å². The maximum atomic E-state index is 12.6. The Morgan fingerprint density at radius 2 is 1.94 bits per heavy atom. The molecule has 1 amide bonds. The average Bonchev–Trinajstić information content (AvgIpc) is 3.45. The third-order valence-corrected chi connectivity index (χ3v) is 5.72.